The number of rotatable bonds is 3. The number of nitrogens with one attached hydrogen (secondary N) is 1. The number of nitrogens with zero attached hydrogens (tertiary/aromatic N) is 1. The lowest BCUT2D eigenvalue weighted by atomic mass is 10.1. The van der Waals surface area contributed by atoms with Crippen molar-refractivity contribution in [2.45, 2.75) is 6.92 Å². The van der Waals surface area contributed by atoms with Gasteiger partial charge in [-0.05, 0) is 25.1 Å². The van der Waals surface area contributed by atoms with Crippen LogP contribution in [0.3, 0.4) is 0 Å². The van der Waals surface area contributed by atoms with E-state index in [4.69, 9.17) is 16.3 Å². The Labute approximate surface area is 103 Å². The van der Waals surface area contributed by atoms with Crippen LogP contribution in [0.5, 0.6) is 5.75 Å². The molecule has 1 aromatic heterocycles. The lowest BCUT2D eigenvalue weighted by Crippen LogP contribution is -2.08. The number of H-pyrrole nitrogens is 1. The van der Waals surface area contributed by atoms with Gasteiger partial charge >= 0.3 is 0 Å². The lowest BCUT2D eigenvalue weighted by Gasteiger charge is -2.07. The molecule has 17 heavy (non-hydrogen) atoms. The van der Waals surface area contributed by atoms with E-state index >= 15 is 0 Å². The third-order valence-electron chi connectivity index (χ3n) is 2.26. The van der Waals surface area contributed by atoms with E-state index < -0.39 is 0 Å². The lowest BCUT2D eigenvalue weighted by molar-refractivity contribution is 0.340. The molecule has 0 aliphatic heterocycles. The van der Waals surface area contributed by atoms with Gasteiger partial charge in [-0.1, -0.05) is 11.6 Å². The van der Waals surface area contributed by atoms with Crippen molar-refractivity contribution in [3.8, 4) is 16.9 Å². The van der Waals surface area contributed by atoms with Crippen molar-refractivity contribution in [1.82, 2.24) is 9.97 Å². The number of aromatic amines is 1. The van der Waals surface area contributed by atoms with Crippen molar-refractivity contribution in [2.75, 3.05) is 6.61 Å². The molecule has 1 N–H and O–H groups in total. The molecule has 0 radical (unpaired) electrons. The smallest absolute Gasteiger partial charge is 0.258 e. The van der Waals surface area contributed by atoms with Gasteiger partial charge in [-0.3, -0.25) is 4.79 Å². The van der Waals surface area contributed by atoms with Crippen LogP contribution in [0.1, 0.15) is 6.92 Å². The molecule has 2 aromatic rings. The van der Waals surface area contributed by atoms with E-state index in [-0.39, 0.29) is 5.56 Å². The molecule has 2 rings (SSSR count). The van der Waals surface area contributed by atoms with E-state index in [1.165, 1.54) is 12.5 Å². The molecule has 0 unspecified atom stereocenters. The van der Waals surface area contributed by atoms with Crippen molar-refractivity contribution < 1.29 is 4.74 Å². The van der Waals surface area contributed by atoms with Crippen LogP contribution in [0.4, 0.5) is 0 Å². The fourth-order valence-electron chi connectivity index (χ4n) is 1.50. The monoisotopic (exact) mass is 250 g/mol. The highest BCUT2D eigenvalue weighted by Gasteiger charge is 2.09. The number of halogens is 1. The second-order valence-electron chi connectivity index (χ2n) is 3.37. The van der Waals surface area contributed by atoms with Crippen molar-refractivity contribution in [1.29, 1.82) is 0 Å². The fraction of sp³-hybridized carbons (Fsp3) is 0.167. The van der Waals surface area contributed by atoms with Gasteiger partial charge in [0.15, 0.2) is 0 Å². The summed E-state index contributed by atoms with van der Waals surface area (Å²) in [5, 5.41) is 0.493. The minimum atomic E-state index is -0.226. The summed E-state index contributed by atoms with van der Waals surface area (Å²) in [5.41, 5.74) is 0.821. The SMILES string of the molecule is CCOc1ccc(Cl)c(-c2cnc[nH]c2=O)c1. The highest BCUT2D eigenvalue weighted by molar-refractivity contribution is 6.33. The number of benzene rings is 1. The Hall–Kier alpha value is -1.81. The quantitative estimate of drug-likeness (QED) is 0.911. The largest absolute Gasteiger partial charge is 0.494 e. The van der Waals surface area contributed by atoms with E-state index in [0.29, 0.717) is 28.5 Å². The molecule has 0 amide bonds. The minimum Gasteiger partial charge on any atom is -0.494 e. The molecule has 0 aliphatic rings. The molecule has 1 heterocycles. The van der Waals surface area contributed by atoms with E-state index in [9.17, 15) is 4.79 Å². The zero-order chi connectivity index (χ0) is 12.3. The highest BCUT2D eigenvalue weighted by Crippen LogP contribution is 2.29. The summed E-state index contributed by atoms with van der Waals surface area (Å²) in [4.78, 5) is 18.0. The summed E-state index contributed by atoms with van der Waals surface area (Å²) in [7, 11) is 0. The third-order valence-corrected chi connectivity index (χ3v) is 2.59. The first kappa shape index (κ1) is 11.7. The zero-order valence-corrected chi connectivity index (χ0v) is 9.99. The summed E-state index contributed by atoms with van der Waals surface area (Å²) in [6.45, 7) is 2.45. The van der Waals surface area contributed by atoms with Gasteiger partial charge in [0, 0.05) is 16.8 Å². The first-order chi connectivity index (χ1) is 8.22. The maximum Gasteiger partial charge on any atom is 0.258 e. The van der Waals surface area contributed by atoms with Crippen LogP contribution in [-0.2, 0) is 0 Å². The van der Waals surface area contributed by atoms with E-state index in [1.54, 1.807) is 18.2 Å². The van der Waals surface area contributed by atoms with Crippen molar-refractivity contribution in [3.05, 3.63) is 46.1 Å². The van der Waals surface area contributed by atoms with E-state index in [2.05, 4.69) is 9.97 Å². The summed E-state index contributed by atoms with van der Waals surface area (Å²) in [6.07, 6.45) is 2.82. The fourth-order valence-corrected chi connectivity index (χ4v) is 1.72. The van der Waals surface area contributed by atoms with Crippen molar-refractivity contribution in [2.24, 2.45) is 0 Å². The highest BCUT2D eigenvalue weighted by atomic mass is 35.5. The van der Waals surface area contributed by atoms with Crippen LogP contribution < -0.4 is 10.3 Å². The number of hydrogen-bond acceptors (Lipinski definition) is 3. The van der Waals surface area contributed by atoms with Gasteiger partial charge in [-0.15, -0.1) is 0 Å². The van der Waals surface area contributed by atoms with Crippen molar-refractivity contribution >= 4 is 11.6 Å². The maximum absolute atomic E-state index is 11.6. The van der Waals surface area contributed by atoms with Gasteiger partial charge in [-0.2, -0.15) is 0 Å². The Bertz CT molecular complexity index is 581. The average molecular weight is 251 g/mol. The third kappa shape index (κ3) is 2.47. The van der Waals surface area contributed by atoms with Crippen molar-refractivity contribution in [3.63, 3.8) is 0 Å². The molecule has 0 saturated heterocycles. The molecule has 0 bridgehead atoms. The molecule has 1 aromatic carbocycles. The summed E-state index contributed by atoms with van der Waals surface area (Å²) >= 11 is 6.07. The Balaban J connectivity index is 2.55. The molecule has 5 heteroatoms. The van der Waals surface area contributed by atoms with E-state index in [0.717, 1.165) is 0 Å². The second-order valence-corrected chi connectivity index (χ2v) is 3.78. The first-order valence-corrected chi connectivity index (χ1v) is 5.55. The summed E-state index contributed by atoms with van der Waals surface area (Å²) in [5.74, 6) is 0.676. The van der Waals surface area contributed by atoms with Crippen LogP contribution in [-0.4, -0.2) is 16.6 Å². The standard InChI is InChI=1S/C12H11ClN2O2/c1-2-17-8-3-4-11(13)9(5-8)10-6-14-7-15-12(10)16/h3-7H,2H2,1H3,(H,14,15,16). The van der Waals surface area contributed by atoms with Crippen LogP contribution in [0.15, 0.2) is 35.5 Å². The van der Waals surface area contributed by atoms with Gasteiger partial charge < -0.3 is 9.72 Å². The molecule has 4 nitrogen and oxygen atoms in total. The predicted molar refractivity (Wildman–Crippen MR) is 66.5 cm³/mol. The maximum atomic E-state index is 11.6. The molecule has 0 aliphatic carbocycles. The average Bonchev–Trinajstić information content (AvgIpc) is 2.33. The van der Waals surface area contributed by atoms with Gasteiger partial charge in [0.2, 0.25) is 0 Å². The van der Waals surface area contributed by atoms with Crippen LogP contribution in [0.2, 0.25) is 5.02 Å². The van der Waals surface area contributed by atoms with Gasteiger partial charge in [-0.25, -0.2) is 4.98 Å². The number of aromatic nitrogens is 2. The molecular weight excluding hydrogens is 240 g/mol. The predicted octanol–water partition coefficient (Wildman–Crippen LogP) is 2.49. The normalized spacial score (nSPS) is 10.2. The van der Waals surface area contributed by atoms with E-state index in [1.807, 2.05) is 6.92 Å². The van der Waals surface area contributed by atoms with Gasteiger partial charge in [0.25, 0.3) is 5.56 Å². The molecule has 0 atom stereocenters. The van der Waals surface area contributed by atoms with Crippen LogP contribution in [0.25, 0.3) is 11.1 Å². The Morgan fingerprint density at radius 1 is 1.41 bits per heavy atom. The molecule has 0 fully saturated rings. The van der Waals surface area contributed by atoms with Crippen LogP contribution >= 0.6 is 11.6 Å². The van der Waals surface area contributed by atoms with Gasteiger partial charge in [0.1, 0.15) is 5.75 Å². The minimum absolute atomic E-state index is 0.226. The second kappa shape index (κ2) is 5.01. The first-order valence-electron chi connectivity index (χ1n) is 5.17. The summed E-state index contributed by atoms with van der Waals surface area (Å²) in [6, 6.07) is 5.20. The Morgan fingerprint density at radius 3 is 2.94 bits per heavy atom. The molecule has 88 valence electrons. The van der Waals surface area contributed by atoms with Crippen LogP contribution in [0, 0.1) is 0 Å². The number of hydrogen-bond donors (Lipinski definition) is 1. The molecule has 0 saturated carbocycles. The molecular formula is C12H11ClN2O2. The van der Waals surface area contributed by atoms with Gasteiger partial charge in [0.05, 0.1) is 18.5 Å². The Kier molecular flexibility index (Phi) is 3.44. The topological polar surface area (TPSA) is 55.0 Å². The summed E-state index contributed by atoms with van der Waals surface area (Å²) < 4.78 is 5.37. The zero-order valence-electron chi connectivity index (χ0n) is 9.24. The Morgan fingerprint density at radius 2 is 2.24 bits per heavy atom. The number of ether oxygens (including phenoxy) is 1. The molecule has 0 spiro atoms.